The summed E-state index contributed by atoms with van der Waals surface area (Å²) in [6.07, 6.45) is 0.341. The maximum absolute atomic E-state index is 12.2. The van der Waals surface area contributed by atoms with E-state index >= 15 is 0 Å². The summed E-state index contributed by atoms with van der Waals surface area (Å²) >= 11 is 11.6. The van der Waals surface area contributed by atoms with E-state index in [0.29, 0.717) is 16.5 Å². The van der Waals surface area contributed by atoms with Crippen LogP contribution in [0.4, 0.5) is 5.69 Å². The lowest BCUT2D eigenvalue weighted by Crippen LogP contribution is -2.30. The Morgan fingerprint density at radius 2 is 1.96 bits per heavy atom. The summed E-state index contributed by atoms with van der Waals surface area (Å²) < 4.78 is 10.3. The topological polar surface area (TPSA) is 77.5 Å². The number of aromatic nitrogens is 1. The molecule has 8 heteroatoms. The van der Waals surface area contributed by atoms with Crippen molar-refractivity contribution in [3.63, 3.8) is 0 Å². The monoisotopic (exact) mass is 368 g/mol. The van der Waals surface area contributed by atoms with Crippen molar-refractivity contribution < 1.29 is 19.1 Å². The molecule has 0 aliphatic carbocycles. The van der Waals surface area contributed by atoms with Crippen molar-refractivity contribution in [1.29, 1.82) is 0 Å². The van der Waals surface area contributed by atoms with Gasteiger partial charge in [-0.3, -0.25) is 4.79 Å². The summed E-state index contributed by atoms with van der Waals surface area (Å²) in [5.74, 6) is -0.767. The molecule has 1 N–H and O–H groups in total. The van der Waals surface area contributed by atoms with Crippen LogP contribution in [0.15, 0.2) is 36.5 Å². The Labute approximate surface area is 148 Å². The quantitative estimate of drug-likeness (QED) is 0.644. The van der Waals surface area contributed by atoms with Crippen molar-refractivity contribution in [1.82, 2.24) is 4.98 Å². The zero-order valence-electron chi connectivity index (χ0n) is 12.9. The molecular formula is C16H14Cl2N2O4. The molecule has 0 saturated heterocycles. The van der Waals surface area contributed by atoms with E-state index in [4.69, 9.17) is 32.7 Å². The molecule has 0 radical (unpaired) electrons. The van der Waals surface area contributed by atoms with Crippen molar-refractivity contribution in [2.24, 2.45) is 0 Å². The molecule has 1 amide bonds. The average molecular weight is 369 g/mol. The fraction of sp³-hybridized carbons (Fsp3) is 0.188. The van der Waals surface area contributed by atoms with E-state index < -0.39 is 18.0 Å². The molecule has 0 spiro atoms. The Hall–Kier alpha value is -2.31. The van der Waals surface area contributed by atoms with Gasteiger partial charge in [-0.2, -0.15) is 0 Å². The highest BCUT2D eigenvalue weighted by Gasteiger charge is 2.20. The van der Waals surface area contributed by atoms with Gasteiger partial charge in [-0.05, 0) is 37.3 Å². The van der Waals surface area contributed by atoms with Gasteiger partial charge in [0.1, 0.15) is 10.9 Å². The fourth-order valence-corrected chi connectivity index (χ4v) is 2.17. The number of nitrogens with zero attached hydrogens (tertiary/aromatic N) is 1. The van der Waals surface area contributed by atoms with E-state index in [1.165, 1.54) is 38.4 Å². The van der Waals surface area contributed by atoms with Crippen molar-refractivity contribution in [3.8, 4) is 5.75 Å². The second kappa shape index (κ2) is 7.99. The average Bonchev–Trinajstić information content (AvgIpc) is 2.55. The van der Waals surface area contributed by atoms with E-state index in [1.807, 2.05) is 0 Å². The van der Waals surface area contributed by atoms with Gasteiger partial charge in [0.15, 0.2) is 6.10 Å². The standard InChI is InChI=1S/C16H14Cl2N2O4/c1-9(24-16(22)10-5-6-19-14(18)7-10)15(21)20-12-8-11(17)3-4-13(12)23-2/h3-9H,1-2H3,(H,20,21). The predicted octanol–water partition coefficient (Wildman–Crippen LogP) is 3.58. The molecule has 0 saturated carbocycles. The van der Waals surface area contributed by atoms with E-state index in [-0.39, 0.29) is 10.7 Å². The first kappa shape index (κ1) is 18.0. The first-order valence-electron chi connectivity index (χ1n) is 6.87. The molecule has 126 valence electrons. The Kier molecular flexibility index (Phi) is 6.00. The number of hydrogen-bond acceptors (Lipinski definition) is 5. The number of benzene rings is 1. The number of rotatable bonds is 5. The van der Waals surface area contributed by atoms with Crippen LogP contribution in [0.1, 0.15) is 17.3 Å². The Morgan fingerprint density at radius 1 is 1.21 bits per heavy atom. The maximum Gasteiger partial charge on any atom is 0.339 e. The van der Waals surface area contributed by atoms with Crippen LogP contribution in [0.5, 0.6) is 5.75 Å². The van der Waals surface area contributed by atoms with Gasteiger partial charge >= 0.3 is 5.97 Å². The summed E-state index contributed by atoms with van der Waals surface area (Å²) in [5, 5.41) is 3.20. The number of halogens is 2. The zero-order valence-corrected chi connectivity index (χ0v) is 14.4. The van der Waals surface area contributed by atoms with E-state index in [0.717, 1.165) is 0 Å². The van der Waals surface area contributed by atoms with Crippen molar-refractivity contribution in [3.05, 3.63) is 52.3 Å². The third kappa shape index (κ3) is 4.59. The molecule has 1 heterocycles. The molecule has 0 aliphatic rings. The third-order valence-electron chi connectivity index (χ3n) is 3.03. The second-order valence-corrected chi connectivity index (χ2v) is 5.57. The highest BCUT2D eigenvalue weighted by molar-refractivity contribution is 6.31. The molecule has 1 aromatic heterocycles. The zero-order chi connectivity index (χ0) is 17.7. The molecule has 2 aromatic rings. The van der Waals surface area contributed by atoms with E-state index in [2.05, 4.69) is 10.3 Å². The van der Waals surface area contributed by atoms with Gasteiger partial charge in [-0.15, -0.1) is 0 Å². The highest BCUT2D eigenvalue weighted by atomic mass is 35.5. The minimum Gasteiger partial charge on any atom is -0.495 e. The lowest BCUT2D eigenvalue weighted by molar-refractivity contribution is -0.123. The molecule has 24 heavy (non-hydrogen) atoms. The number of carbonyl (C=O) groups excluding carboxylic acids is 2. The van der Waals surface area contributed by atoms with Crippen LogP contribution in [0, 0.1) is 0 Å². The number of ether oxygens (including phenoxy) is 2. The molecule has 0 aliphatic heterocycles. The molecule has 6 nitrogen and oxygen atoms in total. The van der Waals surface area contributed by atoms with Crippen LogP contribution >= 0.6 is 23.2 Å². The molecule has 1 aromatic carbocycles. The molecule has 1 unspecified atom stereocenters. The number of methoxy groups -OCH3 is 1. The summed E-state index contributed by atoms with van der Waals surface area (Å²) in [6.45, 7) is 1.45. The number of nitrogens with one attached hydrogen (secondary N) is 1. The smallest absolute Gasteiger partial charge is 0.339 e. The summed E-state index contributed by atoms with van der Waals surface area (Å²) in [5.41, 5.74) is 0.583. The second-order valence-electron chi connectivity index (χ2n) is 4.75. The number of hydrogen-bond donors (Lipinski definition) is 1. The summed E-state index contributed by atoms with van der Waals surface area (Å²) in [4.78, 5) is 28.0. The van der Waals surface area contributed by atoms with Gasteiger partial charge in [0.05, 0.1) is 18.4 Å². The van der Waals surface area contributed by atoms with E-state index in [1.54, 1.807) is 12.1 Å². The van der Waals surface area contributed by atoms with Crippen LogP contribution < -0.4 is 10.1 Å². The number of carbonyl (C=O) groups is 2. The number of anilines is 1. The fourth-order valence-electron chi connectivity index (χ4n) is 1.82. The van der Waals surface area contributed by atoms with Crippen LogP contribution in [0.2, 0.25) is 10.2 Å². The van der Waals surface area contributed by atoms with E-state index in [9.17, 15) is 9.59 Å². The van der Waals surface area contributed by atoms with Crippen LogP contribution in [-0.2, 0) is 9.53 Å². The molecule has 1 atom stereocenters. The normalized spacial score (nSPS) is 11.5. The van der Waals surface area contributed by atoms with Gasteiger partial charge in [-0.25, -0.2) is 9.78 Å². The first-order valence-corrected chi connectivity index (χ1v) is 7.63. The number of pyridine rings is 1. The largest absolute Gasteiger partial charge is 0.495 e. The number of amides is 1. The van der Waals surface area contributed by atoms with Gasteiger partial charge < -0.3 is 14.8 Å². The molecule has 0 bridgehead atoms. The first-order chi connectivity index (χ1) is 11.4. The molecule has 2 rings (SSSR count). The minimum atomic E-state index is -1.03. The SMILES string of the molecule is COc1ccc(Cl)cc1NC(=O)C(C)OC(=O)c1ccnc(Cl)c1. The van der Waals surface area contributed by atoms with Gasteiger partial charge in [-0.1, -0.05) is 23.2 Å². The Balaban J connectivity index is 2.05. The molecule has 0 fully saturated rings. The van der Waals surface area contributed by atoms with Crippen LogP contribution in [0.25, 0.3) is 0 Å². The number of esters is 1. The predicted molar refractivity (Wildman–Crippen MR) is 90.8 cm³/mol. The lowest BCUT2D eigenvalue weighted by atomic mass is 10.2. The highest BCUT2D eigenvalue weighted by Crippen LogP contribution is 2.27. The van der Waals surface area contributed by atoms with Crippen LogP contribution in [-0.4, -0.2) is 30.1 Å². The van der Waals surface area contributed by atoms with Crippen LogP contribution in [0.3, 0.4) is 0 Å². The van der Waals surface area contributed by atoms with Gasteiger partial charge in [0, 0.05) is 11.2 Å². The van der Waals surface area contributed by atoms with Gasteiger partial charge in [0.25, 0.3) is 5.91 Å². The van der Waals surface area contributed by atoms with Crippen molar-refractivity contribution in [2.45, 2.75) is 13.0 Å². The Bertz CT molecular complexity index is 767. The van der Waals surface area contributed by atoms with Gasteiger partial charge in [0.2, 0.25) is 0 Å². The minimum absolute atomic E-state index is 0.158. The molecular weight excluding hydrogens is 355 g/mol. The van der Waals surface area contributed by atoms with Crippen molar-refractivity contribution >= 4 is 40.8 Å². The summed E-state index contributed by atoms with van der Waals surface area (Å²) in [6, 6.07) is 7.59. The lowest BCUT2D eigenvalue weighted by Gasteiger charge is -2.15. The maximum atomic E-state index is 12.2. The van der Waals surface area contributed by atoms with Crippen molar-refractivity contribution in [2.75, 3.05) is 12.4 Å². The Morgan fingerprint density at radius 3 is 2.62 bits per heavy atom. The third-order valence-corrected chi connectivity index (χ3v) is 3.48. The summed E-state index contributed by atoms with van der Waals surface area (Å²) in [7, 11) is 1.47.